The molecule has 1 aromatic carbocycles. The van der Waals surface area contributed by atoms with Crippen molar-refractivity contribution in [1.82, 2.24) is 14.7 Å². The van der Waals surface area contributed by atoms with E-state index in [0.717, 1.165) is 32.4 Å². The first-order valence-corrected chi connectivity index (χ1v) is 9.75. The van der Waals surface area contributed by atoms with E-state index in [1.165, 1.54) is 22.0 Å². The number of fused-ring (bicyclic) bond motifs is 1. The van der Waals surface area contributed by atoms with Gasteiger partial charge in [-0.3, -0.25) is 9.48 Å². The van der Waals surface area contributed by atoms with E-state index in [0.29, 0.717) is 18.8 Å². The van der Waals surface area contributed by atoms with E-state index in [1.54, 1.807) is 0 Å². The smallest absolute Gasteiger partial charge is 0.225 e. The normalized spacial score (nSPS) is 26.9. The Labute approximate surface area is 155 Å². The Bertz CT molecular complexity index is 823. The second-order valence-corrected chi connectivity index (χ2v) is 8.68. The summed E-state index contributed by atoms with van der Waals surface area (Å²) in [4.78, 5) is 14.6. The molecular formula is C21H29N3O2. The Morgan fingerprint density at radius 2 is 2.00 bits per heavy atom. The van der Waals surface area contributed by atoms with E-state index in [9.17, 15) is 9.90 Å². The van der Waals surface area contributed by atoms with E-state index in [-0.39, 0.29) is 11.8 Å². The van der Waals surface area contributed by atoms with Gasteiger partial charge in [-0.05, 0) is 75.1 Å². The number of hydrogen-bond acceptors (Lipinski definition) is 3. The fourth-order valence-corrected chi connectivity index (χ4v) is 4.68. The molecule has 0 unspecified atom stereocenters. The number of likely N-dealkylation sites (tertiary alicyclic amines) is 1. The van der Waals surface area contributed by atoms with Crippen LogP contribution in [0.15, 0.2) is 18.3 Å². The van der Waals surface area contributed by atoms with Gasteiger partial charge < -0.3 is 10.0 Å². The molecule has 0 spiro atoms. The number of aryl methyl sites for hydroxylation is 2. The minimum Gasteiger partial charge on any atom is -0.390 e. The third-order valence-corrected chi connectivity index (χ3v) is 6.36. The zero-order valence-electron chi connectivity index (χ0n) is 16.0. The number of aliphatic hydroxyl groups is 1. The van der Waals surface area contributed by atoms with Crippen molar-refractivity contribution in [2.24, 2.45) is 18.9 Å². The van der Waals surface area contributed by atoms with Crippen molar-refractivity contribution < 1.29 is 9.90 Å². The van der Waals surface area contributed by atoms with Crippen LogP contribution in [0, 0.1) is 18.8 Å². The molecule has 0 atom stereocenters. The van der Waals surface area contributed by atoms with Crippen LogP contribution in [0.4, 0.5) is 0 Å². The minimum atomic E-state index is -0.624. The van der Waals surface area contributed by atoms with Gasteiger partial charge in [0.2, 0.25) is 5.91 Å². The summed E-state index contributed by atoms with van der Waals surface area (Å²) < 4.78 is 1.94. The lowest BCUT2D eigenvalue weighted by Crippen LogP contribution is -2.51. The molecule has 1 saturated carbocycles. The van der Waals surface area contributed by atoms with Crippen LogP contribution in [-0.4, -0.2) is 44.4 Å². The predicted octanol–water partition coefficient (Wildman–Crippen LogP) is 2.82. The number of piperidine rings is 1. The van der Waals surface area contributed by atoms with Crippen molar-refractivity contribution in [2.75, 3.05) is 13.1 Å². The van der Waals surface area contributed by atoms with Crippen LogP contribution in [-0.2, 0) is 18.3 Å². The van der Waals surface area contributed by atoms with Crippen molar-refractivity contribution in [3.63, 3.8) is 0 Å². The quantitative estimate of drug-likeness (QED) is 0.921. The van der Waals surface area contributed by atoms with E-state index in [2.05, 4.69) is 24.2 Å². The topological polar surface area (TPSA) is 58.4 Å². The van der Waals surface area contributed by atoms with Crippen LogP contribution in [0.2, 0.25) is 0 Å². The fraction of sp³-hybridized carbons (Fsp3) is 0.619. The van der Waals surface area contributed by atoms with Crippen LogP contribution >= 0.6 is 0 Å². The number of nitrogens with zero attached hydrogens (tertiary/aromatic N) is 3. The van der Waals surface area contributed by atoms with Gasteiger partial charge in [0.25, 0.3) is 0 Å². The second-order valence-electron chi connectivity index (χ2n) is 8.68. The Hall–Kier alpha value is -1.88. The van der Waals surface area contributed by atoms with Gasteiger partial charge in [0.15, 0.2) is 0 Å². The van der Waals surface area contributed by atoms with Crippen LogP contribution in [0.3, 0.4) is 0 Å². The van der Waals surface area contributed by atoms with Crippen molar-refractivity contribution in [1.29, 1.82) is 0 Å². The Balaban J connectivity index is 1.36. The summed E-state index contributed by atoms with van der Waals surface area (Å²) in [7, 11) is 1.99. The van der Waals surface area contributed by atoms with Crippen molar-refractivity contribution in [3.05, 3.63) is 29.5 Å². The molecule has 4 rings (SSSR count). The zero-order valence-corrected chi connectivity index (χ0v) is 16.0. The SMILES string of the molecule is Cc1cc2cnn(C)c2cc1CC1CCN(C(=O)[C@H]2C[C@@](C)(O)C2)CC1. The maximum absolute atomic E-state index is 12.5. The summed E-state index contributed by atoms with van der Waals surface area (Å²) in [5.74, 6) is 0.923. The number of amides is 1. The highest BCUT2D eigenvalue weighted by Crippen LogP contribution is 2.39. The Morgan fingerprint density at radius 1 is 1.31 bits per heavy atom. The molecule has 5 heteroatoms. The molecule has 1 saturated heterocycles. The lowest BCUT2D eigenvalue weighted by atomic mass is 9.71. The van der Waals surface area contributed by atoms with E-state index < -0.39 is 5.60 Å². The number of rotatable bonds is 3. The average Bonchev–Trinajstić information content (AvgIpc) is 2.93. The summed E-state index contributed by atoms with van der Waals surface area (Å²) in [6.07, 6.45) is 6.38. The lowest BCUT2D eigenvalue weighted by Gasteiger charge is -2.43. The summed E-state index contributed by atoms with van der Waals surface area (Å²) >= 11 is 0. The molecule has 2 aliphatic rings. The summed E-state index contributed by atoms with van der Waals surface area (Å²) in [5.41, 5.74) is 3.30. The second kappa shape index (κ2) is 6.38. The van der Waals surface area contributed by atoms with Gasteiger partial charge in [-0.15, -0.1) is 0 Å². The van der Waals surface area contributed by atoms with E-state index in [4.69, 9.17) is 0 Å². The van der Waals surface area contributed by atoms with Gasteiger partial charge >= 0.3 is 0 Å². The Morgan fingerprint density at radius 3 is 2.65 bits per heavy atom. The molecule has 140 valence electrons. The highest BCUT2D eigenvalue weighted by Gasteiger charge is 2.44. The number of hydrogen-bond donors (Lipinski definition) is 1. The molecule has 5 nitrogen and oxygen atoms in total. The summed E-state index contributed by atoms with van der Waals surface area (Å²) in [5, 5.41) is 15.4. The predicted molar refractivity (Wildman–Crippen MR) is 102 cm³/mol. The minimum absolute atomic E-state index is 0.0380. The van der Waals surface area contributed by atoms with Crippen LogP contribution in [0.25, 0.3) is 10.9 Å². The fourth-order valence-electron chi connectivity index (χ4n) is 4.68. The first-order chi connectivity index (χ1) is 12.3. The molecule has 1 aliphatic heterocycles. The largest absolute Gasteiger partial charge is 0.390 e. The Kier molecular flexibility index (Phi) is 4.30. The first kappa shape index (κ1) is 17.5. The van der Waals surface area contributed by atoms with Crippen molar-refractivity contribution in [3.8, 4) is 0 Å². The van der Waals surface area contributed by atoms with Crippen molar-refractivity contribution >= 4 is 16.8 Å². The molecule has 0 bridgehead atoms. The summed E-state index contributed by atoms with van der Waals surface area (Å²) in [6.45, 7) is 5.72. The van der Waals surface area contributed by atoms with Gasteiger partial charge in [-0.25, -0.2) is 0 Å². The molecule has 1 aromatic heterocycles. The van der Waals surface area contributed by atoms with Gasteiger partial charge in [0, 0.05) is 31.4 Å². The van der Waals surface area contributed by atoms with Gasteiger partial charge in [-0.1, -0.05) is 0 Å². The zero-order chi connectivity index (χ0) is 18.5. The highest BCUT2D eigenvalue weighted by molar-refractivity contribution is 5.81. The number of carbonyl (C=O) groups excluding carboxylic acids is 1. The van der Waals surface area contributed by atoms with Crippen molar-refractivity contribution in [2.45, 2.75) is 51.6 Å². The lowest BCUT2D eigenvalue weighted by molar-refractivity contribution is -0.151. The molecule has 2 fully saturated rings. The molecule has 1 N–H and O–H groups in total. The first-order valence-electron chi connectivity index (χ1n) is 9.75. The summed E-state index contributed by atoms with van der Waals surface area (Å²) in [6, 6.07) is 4.52. The molecular weight excluding hydrogens is 326 g/mol. The molecule has 2 aromatic rings. The molecule has 1 amide bonds. The van der Waals surface area contributed by atoms with Crippen LogP contribution < -0.4 is 0 Å². The molecule has 26 heavy (non-hydrogen) atoms. The number of aromatic nitrogens is 2. The molecule has 0 radical (unpaired) electrons. The monoisotopic (exact) mass is 355 g/mol. The standard InChI is InChI=1S/C21H29N3O2/c1-14-8-17-13-22-23(3)19(17)10-16(14)9-15-4-6-24(7-5-15)20(25)18-11-21(2,26)12-18/h8,10,13,15,18,26H,4-7,9,11-12H2,1-3H3/t18-,21+. The maximum atomic E-state index is 12.5. The average molecular weight is 355 g/mol. The maximum Gasteiger partial charge on any atom is 0.225 e. The number of carbonyl (C=O) groups is 1. The number of benzene rings is 1. The third-order valence-electron chi connectivity index (χ3n) is 6.36. The van der Waals surface area contributed by atoms with Gasteiger partial charge in [0.1, 0.15) is 0 Å². The third kappa shape index (κ3) is 3.25. The van der Waals surface area contributed by atoms with Crippen LogP contribution in [0.5, 0.6) is 0 Å². The van der Waals surface area contributed by atoms with E-state index >= 15 is 0 Å². The van der Waals surface area contributed by atoms with E-state index in [1.807, 2.05) is 29.7 Å². The molecule has 1 aliphatic carbocycles. The van der Waals surface area contributed by atoms with Crippen LogP contribution in [0.1, 0.15) is 43.7 Å². The van der Waals surface area contributed by atoms with Gasteiger partial charge in [0.05, 0.1) is 17.3 Å². The van der Waals surface area contributed by atoms with Gasteiger partial charge in [-0.2, -0.15) is 5.10 Å². The highest BCUT2D eigenvalue weighted by atomic mass is 16.3. The molecule has 2 heterocycles.